The number of nitrogens with one attached hydrogen (secondary N) is 2. The third kappa shape index (κ3) is 5.95. The highest BCUT2D eigenvalue weighted by atomic mass is 16.6. The van der Waals surface area contributed by atoms with Crippen molar-refractivity contribution >= 4 is 34.4 Å². The van der Waals surface area contributed by atoms with E-state index in [1.807, 2.05) is 78.9 Å². The van der Waals surface area contributed by atoms with Gasteiger partial charge in [0, 0.05) is 34.6 Å². The Balaban J connectivity index is 1.26. The fourth-order valence-electron chi connectivity index (χ4n) is 4.86. The second-order valence-corrected chi connectivity index (χ2v) is 9.88. The summed E-state index contributed by atoms with van der Waals surface area (Å²) in [5.74, 6) is 0.288. The zero-order chi connectivity index (χ0) is 29.8. The Morgan fingerprint density at radius 2 is 1.60 bits per heavy atom. The maximum atomic E-state index is 12.7. The van der Waals surface area contributed by atoms with Crippen LogP contribution in [0.5, 0.6) is 0 Å². The van der Waals surface area contributed by atoms with Crippen molar-refractivity contribution in [2.45, 2.75) is 6.42 Å². The number of rotatable bonds is 9. The second-order valence-electron chi connectivity index (χ2n) is 9.88. The predicted molar refractivity (Wildman–Crippen MR) is 167 cm³/mol. The van der Waals surface area contributed by atoms with Crippen LogP contribution in [0, 0.1) is 10.1 Å². The second kappa shape index (κ2) is 11.9. The van der Waals surface area contributed by atoms with Crippen LogP contribution in [0.2, 0.25) is 0 Å². The molecule has 1 amide bonds. The number of nitrogens with two attached hydrogens (primary N) is 1. The van der Waals surface area contributed by atoms with Gasteiger partial charge in [0.15, 0.2) is 0 Å². The summed E-state index contributed by atoms with van der Waals surface area (Å²) in [7, 11) is 0. The summed E-state index contributed by atoms with van der Waals surface area (Å²) in [4.78, 5) is 28.6. The number of aromatic nitrogens is 3. The summed E-state index contributed by atoms with van der Waals surface area (Å²) in [5.41, 5.74) is 12.5. The Morgan fingerprint density at radius 1 is 0.860 bits per heavy atom. The highest BCUT2D eigenvalue weighted by molar-refractivity contribution is 6.04. The maximum Gasteiger partial charge on any atom is 0.270 e. The number of benzene rings is 4. The van der Waals surface area contributed by atoms with Crippen LogP contribution in [0.15, 0.2) is 115 Å². The Hall–Kier alpha value is -5.87. The highest BCUT2D eigenvalue weighted by Gasteiger charge is 2.15. The molecule has 0 spiro atoms. The minimum atomic E-state index is -0.400. The molecule has 2 aromatic heterocycles. The Kier molecular flexibility index (Phi) is 7.58. The van der Waals surface area contributed by atoms with Gasteiger partial charge in [0.05, 0.1) is 22.3 Å². The predicted octanol–water partition coefficient (Wildman–Crippen LogP) is 6.47. The van der Waals surface area contributed by atoms with Gasteiger partial charge in [-0.25, -0.2) is 9.50 Å². The molecule has 0 saturated carbocycles. The van der Waals surface area contributed by atoms with Gasteiger partial charge in [-0.1, -0.05) is 48.5 Å². The first-order valence-corrected chi connectivity index (χ1v) is 13.6. The molecule has 212 valence electrons. The van der Waals surface area contributed by atoms with Crippen LogP contribution in [-0.4, -0.2) is 32.0 Å². The fourth-order valence-corrected chi connectivity index (χ4v) is 4.86. The minimum absolute atomic E-state index is 0.0221. The number of fused-ring (bicyclic) bond motifs is 1. The van der Waals surface area contributed by atoms with Crippen LogP contribution in [0.1, 0.15) is 15.9 Å². The number of hydrogen-bond donors (Lipinski definition) is 3. The first kappa shape index (κ1) is 27.3. The molecular formula is C33H27N7O3. The zero-order valence-electron chi connectivity index (χ0n) is 23.0. The fraction of sp³-hybridized carbons (Fsp3) is 0.0606. The standard InChI is InChI=1S/C33H27N7O3/c34-18-16-22-8-10-23(11-9-22)32(41)36-25-12-14-26(15-13-25)37-33-38-31(21-27-17-19-35-39(27)33)30-7-2-1-6-29(30)24-4-3-5-28(20-24)40(42)43/h1-15,17,19-21H,16,18,34H2,(H,36,41)(H,37,38). The Bertz CT molecular complexity index is 1930. The van der Waals surface area contributed by atoms with Gasteiger partial charge in [0.25, 0.3) is 11.6 Å². The van der Waals surface area contributed by atoms with Crippen molar-refractivity contribution < 1.29 is 9.72 Å². The van der Waals surface area contributed by atoms with Gasteiger partial charge < -0.3 is 16.4 Å². The normalized spacial score (nSPS) is 10.9. The molecule has 4 N–H and O–H groups in total. The lowest BCUT2D eigenvalue weighted by Crippen LogP contribution is -2.12. The van der Waals surface area contributed by atoms with Crippen LogP contribution in [0.25, 0.3) is 27.9 Å². The van der Waals surface area contributed by atoms with Crippen LogP contribution in [-0.2, 0) is 6.42 Å². The van der Waals surface area contributed by atoms with E-state index in [9.17, 15) is 14.9 Å². The Morgan fingerprint density at radius 3 is 2.35 bits per heavy atom. The number of carbonyl (C=O) groups excluding carboxylic acids is 1. The molecule has 0 saturated heterocycles. The molecule has 43 heavy (non-hydrogen) atoms. The molecule has 0 aliphatic rings. The van der Waals surface area contributed by atoms with Crippen LogP contribution < -0.4 is 16.4 Å². The zero-order valence-corrected chi connectivity index (χ0v) is 23.0. The van der Waals surface area contributed by atoms with E-state index in [0.29, 0.717) is 29.4 Å². The van der Waals surface area contributed by atoms with E-state index in [1.165, 1.54) is 6.07 Å². The molecule has 6 aromatic rings. The largest absolute Gasteiger partial charge is 0.330 e. The molecule has 0 atom stereocenters. The van der Waals surface area contributed by atoms with Crippen molar-refractivity contribution in [1.29, 1.82) is 0 Å². The van der Waals surface area contributed by atoms with Crippen molar-refractivity contribution in [2.24, 2.45) is 5.73 Å². The Labute approximate surface area is 247 Å². The number of amides is 1. The van der Waals surface area contributed by atoms with Crippen LogP contribution in [0.3, 0.4) is 0 Å². The topological polar surface area (TPSA) is 140 Å². The summed E-state index contributed by atoms with van der Waals surface area (Å²) in [6.45, 7) is 0.561. The number of carbonyl (C=O) groups is 1. The average Bonchev–Trinajstić information content (AvgIpc) is 3.52. The van der Waals surface area contributed by atoms with Gasteiger partial charge >= 0.3 is 0 Å². The molecule has 0 bridgehead atoms. The van der Waals surface area contributed by atoms with Crippen LogP contribution in [0.4, 0.5) is 23.0 Å². The lowest BCUT2D eigenvalue weighted by Gasteiger charge is -2.13. The van der Waals surface area contributed by atoms with E-state index in [0.717, 1.165) is 39.9 Å². The molecular weight excluding hydrogens is 542 g/mol. The summed E-state index contributed by atoms with van der Waals surface area (Å²) in [6.07, 6.45) is 2.46. The SMILES string of the molecule is NCCc1ccc(C(=O)Nc2ccc(Nc3nc(-c4ccccc4-c4cccc([N+](=O)[O-])c4)cc4ccnn34)cc2)cc1. The van der Waals surface area contributed by atoms with Gasteiger partial charge in [-0.3, -0.25) is 14.9 Å². The van der Waals surface area contributed by atoms with Crippen molar-refractivity contribution in [2.75, 3.05) is 17.2 Å². The lowest BCUT2D eigenvalue weighted by molar-refractivity contribution is -0.384. The van der Waals surface area contributed by atoms with Gasteiger partial charge in [-0.15, -0.1) is 0 Å². The molecule has 10 heteroatoms. The molecule has 0 unspecified atom stereocenters. The van der Waals surface area contributed by atoms with E-state index < -0.39 is 4.92 Å². The monoisotopic (exact) mass is 569 g/mol. The lowest BCUT2D eigenvalue weighted by atomic mass is 9.97. The van der Waals surface area contributed by atoms with Crippen molar-refractivity contribution in [1.82, 2.24) is 14.6 Å². The van der Waals surface area contributed by atoms with E-state index in [2.05, 4.69) is 15.7 Å². The van der Waals surface area contributed by atoms with Crippen molar-refractivity contribution in [3.63, 3.8) is 0 Å². The molecule has 0 fully saturated rings. The maximum absolute atomic E-state index is 12.7. The van der Waals surface area contributed by atoms with Gasteiger partial charge in [-0.05, 0) is 78.2 Å². The number of hydrogen-bond acceptors (Lipinski definition) is 7. The summed E-state index contributed by atoms with van der Waals surface area (Å²) in [6, 6.07) is 32.8. The quantitative estimate of drug-likeness (QED) is 0.134. The first-order valence-electron chi connectivity index (χ1n) is 13.6. The third-order valence-electron chi connectivity index (χ3n) is 7.00. The van der Waals surface area contributed by atoms with Crippen molar-refractivity contribution in [3.8, 4) is 22.4 Å². The van der Waals surface area contributed by atoms with E-state index in [1.54, 1.807) is 35.0 Å². The van der Waals surface area contributed by atoms with Gasteiger partial charge in [0.1, 0.15) is 0 Å². The summed E-state index contributed by atoms with van der Waals surface area (Å²) >= 11 is 0. The molecule has 2 heterocycles. The smallest absolute Gasteiger partial charge is 0.270 e. The molecule has 10 nitrogen and oxygen atoms in total. The number of non-ortho nitro benzene ring substituents is 1. The molecule has 0 radical (unpaired) electrons. The van der Waals surface area contributed by atoms with Gasteiger partial charge in [0.2, 0.25) is 5.95 Å². The van der Waals surface area contributed by atoms with E-state index in [-0.39, 0.29) is 11.6 Å². The van der Waals surface area contributed by atoms with Crippen LogP contribution >= 0.6 is 0 Å². The molecule has 4 aromatic carbocycles. The molecule has 0 aliphatic carbocycles. The summed E-state index contributed by atoms with van der Waals surface area (Å²) < 4.78 is 1.70. The van der Waals surface area contributed by atoms with Gasteiger partial charge in [-0.2, -0.15) is 5.10 Å². The van der Waals surface area contributed by atoms with Crippen molar-refractivity contribution in [3.05, 3.63) is 137 Å². The first-order chi connectivity index (χ1) is 21.0. The number of nitrogens with zero attached hydrogens (tertiary/aromatic N) is 4. The highest BCUT2D eigenvalue weighted by Crippen LogP contribution is 2.34. The average molecular weight is 570 g/mol. The number of nitro groups is 1. The van der Waals surface area contributed by atoms with E-state index >= 15 is 0 Å². The molecule has 6 rings (SSSR count). The minimum Gasteiger partial charge on any atom is -0.330 e. The summed E-state index contributed by atoms with van der Waals surface area (Å²) in [5, 5.41) is 22.1. The third-order valence-corrected chi connectivity index (χ3v) is 7.00. The number of nitro benzene ring substituents is 1. The molecule has 0 aliphatic heterocycles. The van der Waals surface area contributed by atoms with E-state index in [4.69, 9.17) is 10.7 Å². The number of anilines is 3.